The van der Waals surface area contributed by atoms with E-state index in [1.807, 2.05) is 0 Å². The molecule has 0 aromatic heterocycles. The lowest BCUT2D eigenvalue weighted by Gasteiger charge is -2.09. The Morgan fingerprint density at radius 2 is 0.270 bits per heavy atom. The third kappa shape index (κ3) is 62.2. The number of carbonyl (C=O) groups is 2. The maximum atomic E-state index is 11.2. The maximum Gasteiger partial charge on any atom is 0.333 e. The van der Waals surface area contributed by atoms with Gasteiger partial charge in [0.25, 0.3) is 0 Å². The number of hydrogen-bond acceptors (Lipinski definition) is 24. The van der Waals surface area contributed by atoms with Crippen LogP contribution in [0.2, 0.25) is 0 Å². The van der Waals surface area contributed by atoms with Crippen molar-refractivity contribution in [1.29, 1.82) is 0 Å². The highest BCUT2D eigenvalue weighted by molar-refractivity contribution is 5.87. The van der Waals surface area contributed by atoms with E-state index in [1.54, 1.807) is 13.8 Å². The molecule has 0 N–H and O–H groups in total. The Morgan fingerprint density at radius 3 is 0.351 bits per heavy atom. The number of hydrogen-bond donors (Lipinski definition) is 0. The second-order valence-electron chi connectivity index (χ2n) is 15.1. The first-order chi connectivity index (χ1) is 36.4. The third-order valence-corrected chi connectivity index (χ3v) is 8.69. The van der Waals surface area contributed by atoms with Crippen molar-refractivity contribution < 1.29 is 114 Å². The molecule has 0 unspecified atom stereocenters. The van der Waals surface area contributed by atoms with Crippen molar-refractivity contribution in [3.8, 4) is 0 Å². The van der Waals surface area contributed by atoms with E-state index in [2.05, 4.69) is 13.2 Å². The highest BCUT2D eigenvalue weighted by atomic mass is 16.6. The average molecular weight is 1080 g/mol. The summed E-state index contributed by atoms with van der Waals surface area (Å²) in [6.45, 7) is 29.1. The van der Waals surface area contributed by atoms with E-state index in [9.17, 15) is 9.59 Å². The second-order valence-corrected chi connectivity index (χ2v) is 15.1. The van der Waals surface area contributed by atoms with Crippen LogP contribution in [0.1, 0.15) is 13.8 Å². The standard InChI is InChI=1S/C50H94O24/c1-47(2)49(51)73-45-43-71-41-39-69-37-35-67-33-31-65-29-27-63-25-23-61-21-19-59-17-15-57-13-11-55-9-7-53-5-6-54-8-10-56-12-14-58-16-18-60-20-22-62-24-26-64-28-30-66-32-34-68-36-38-70-40-42-72-44-46-74-50(52)48(3)4/h1,3,5-46H2,2,4H3. The van der Waals surface area contributed by atoms with Crippen molar-refractivity contribution in [2.24, 2.45) is 0 Å². The summed E-state index contributed by atoms with van der Waals surface area (Å²) in [6.07, 6.45) is 0. The fraction of sp³-hybridized carbons (Fsp3) is 0.880. The molecule has 0 bridgehead atoms. The zero-order chi connectivity index (χ0) is 53.6. The predicted octanol–water partition coefficient (Wildman–Crippen LogP) is 1.56. The Labute approximate surface area is 440 Å². The fourth-order valence-corrected chi connectivity index (χ4v) is 4.91. The molecule has 0 aliphatic carbocycles. The summed E-state index contributed by atoms with van der Waals surface area (Å²) in [4.78, 5) is 22.5. The summed E-state index contributed by atoms with van der Waals surface area (Å²) in [5.74, 6) is -0.839. The lowest BCUT2D eigenvalue weighted by Crippen LogP contribution is -2.16. The Balaban J connectivity index is 3.10. The van der Waals surface area contributed by atoms with Gasteiger partial charge in [0.15, 0.2) is 0 Å². The van der Waals surface area contributed by atoms with Gasteiger partial charge in [-0.1, -0.05) is 13.2 Å². The minimum absolute atomic E-state index is 0.190. The molecule has 0 saturated carbocycles. The zero-order valence-corrected chi connectivity index (χ0v) is 44.9. The molecule has 0 fully saturated rings. The normalized spacial score (nSPS) is 11.4. The van der Waals surface area contributed by atoms with Crippen LogP contribution in [-0.4, -0.2) is 289 Å². The van der Waals surface area contributed by atoms with Crippen LogP contribution in [-0.2, 0) is 114 Å². The van der Waals surface area contributed by atoms with Crippen LogP contribution in [0.4, 0.5) is 0 Å². The van der Waals surface area contributed by atoms with Crippen LogP contribution >= 0.6 is 0 Å². The van der Waals surface area contributed by atoms with Crippen LogP contribution in [0.5, 0.6) is 0 Å². The Morgan fingerprint density at radius 1 is 0.189 bits per heavy atom. The molecular weight excluding hydrogens is 985 g/mol. The molecule has 74 heavy (non-hydrogen) atoms. The summed E-state index contributed by atoms with van der Waals surface area (Å²) in [7, 11) is 0. The Hall–Kier alpha value is -2.38. The number of rotatable bonds is 65. The van der Waals surface area contributed by atoms with Gasteiger partial charge in [-0.25, -0.2) is 9.59 Å². The summed E-state index contributed by atoms with van der Waals surface area (Å²) in [5, 5.41) is 0. The van der Waals surface area contributed by atoms with Crippen LogP contribution in [0, 0.1) is 0 Å². The van der Waals surface area contributed by atoms with Crippen LogP contribution in [0.15, 0.2) is 24.3 Å². The maximum absolute atomic E-state index is 11.2. The van der Waals surface area contributed by atoms with Gasteiger partial charge in [-0.15, -0.1) is 0 Å². The second kappa shape index (κ2) is 63.2. The van der Waals surface area contributed by atoms with E-state index in [4.69, 9.17) is 104 Å². The van der Waals surface area contributed by atoms with Gasteiger partial charge in [0.1, 0.15) is 13.2 Å². The zero-order valence-electron chi connectivity index (χ0n) is 44.9. The van der Waals surface area contributed by atoms with E-state index in [-0.39, 0.29) is 13.2 Å². The molecule has 0 aliphatic heterocycles. The van der Waals surface area contributed by atoms with Crippen molar-refractivity contribution in [3.05, 3.63) is 24.3 Å². The molecule has 438 valence electrons. The molecule has 0 spiro atoms. The van der Waals surface area contributed by atoms with Gasteiger partial charge < -0.3 is 104 Å². The summed E-state index contributed by atoms with van der Waals surface area (Å²) >= 11 is 0. The molecule has 0 radical (unpaired) electrons. The third-order valence-electron chi connectivity index (χ3n) is 8.69. The minimum Gasteiger partial charge on any atom is -0.460 e. The van der Waals surface area contributed by atoms with Gasteiger partial charge in [-0.2, -0.15) is 0 Å². The molecule has 0 heterocycles. The first kappa shape index (κ1) is 71.6. The van der Waals surface area contributed by atoms with E-state index in [0.29, 0.717) is 275 Å². The molecule has 0 rings (SSSR count). The molecule has 0 aromatic rings. The first-order valence-electron chi connectivity index (χ1n) is 25.6. The average Bonchev–Trinajstić information content (AvgIpc) is 3.39. The fourth-order valence-electron chi connectivity index (χ4n) is 4.91. The minimum atomic E-state index is -0.419. The van der Waals surface area contributed by atoms with Gasteiger partial charge >= 0.3 is 11.9 Å². The van der Waals surface area contributed by atoms with E-state index in [1.165, 1.54) is 0 Å². The molecule has 24 nitrogen and oxygen atoms in total. The molecular formula is C50H94O24. The van der Waals surface area contributed by atoms with Gasteiger partial charge in [0, 0.05) is 11.1 Å². The van der Waals surface area contributed by atoms with Crippen LogP contribution in [0.3, 0.4) is 0 Å². The molecule has 0 saturated heterocycles. The molecule has 0 amide bonds. The number of carbonyl (C=O) groups excluding carboxylic acids is 2. The van der Waals surface area contributed by atoms with Crippen molar-refractivity contribution in [2.45, 2.75) is 13.8 Å². The largest absolute Gasteiger partial charge is 0.460 e. The van der Waals surface area contributed by atoms with Gasteiger partial charge in [0.2, 0.25) is 0 Å². The SMILES string of the molecule is C=C(C)C(=O)OCCOCCOCCOCCOCCOCCOCCOCCOCCOCCOCCOCCOCCOCCOCCOCCOCCOCCOCCOCCOCCOC(=O)C(=C)C. The molecule has 0 aromatic carbocycles. The number of ether oxygens (including phenoxy) is 22. The van der Waals surface area contributed by atoms with Crippen LogP contribution in [0.25, 0.3) is 0 Å². The first-order valence-corrected chi connectivity index (χ1v) is 25.6. The Bertz CT molecular complexity index is 1100. The molecule has 24 heteroatoms. The summed E-state index contributed by atoms with van der Waals surface area (Å²) < 4.78 is 119. The van der Waals surface area contributed by atoms with E-state index in [0.717, 1.165) is 0 Å². The summed E-state index contributed by atoms with van der Waals surface area (Å²) in [6, 6.07) is 0. The topological polar surface area (TPSA) is 237 Å². The highest BCUT2D eigenvalue weighted by Crippen LogP contribution is 1.94. The van der Waals surface area contributed by atoms with Crippen molar-refractivity contribution >= 4 is 11.9 Å². The lowest BCUT2D eigenvalue weighted by molar-refractivity contribution is -0.141. The predicted molar refractivity (Wildman–Crippen MR) is 268 cm³/mol. The molecule has 0 atom stereocenters. The number of esters is 2. The smallest absolute Gasteiger partial charge is 0.333 e. The van der Waals surface area contributed by atoms with E-state index >= 15 is 0 Å². The van der Waals surface area contributed by atoms with Crippen molar-refractivity contribution in [2.75, 3.05) is 277 Å². The van der Waals surface area contributed by atoms with Crippen LogP contribution < -0.4 is 0 Å². The van der Waals surface area contributed by atoms with E-state index < -0.39 is 11.9 Å². The van der Waals surface area contributed by atoms with Crippen molar-refractivity contribution in [3.63, 3.8) is 0 Å². The Kier molecular flexibility index (Phi) is 61.1. The molecule has 0 aliphatic rings. The lowest BCUT2D eigenvalue weighted by atomic mass is 10.4. The quantitative estimate of drug-likeness (QED) is 0.0477. The summed E-state index contributed by atoms with van der Waals surface area (Å²) in [5.41, 5.74) is 0.727. The van der Waals surface area contributed by atoms with Gasteiger partial charge in [0.05, 0.1) is 264 Å². The monoisotopic (exact) mass is 1080 g/mol. The highest BCUT2D eigenvalue weighted by Gasteiger charge is 2.04. The van der Waals surface area contributed by atoms with Crippen molar-refractivity contribution in [1.82, 2.24) is 0 Å². The van der Waals surface area contributed by atoms with Gasteiger partial charge in [-0.3, -0.25) is 0 Å². The van der Waals surface area contributed by atoms with Gasteiger partial charge in [-0.05, 0) is 13.8 Å².